The molecule has 0 aliphatic rings. The molecule has 1 unspecified atom stereocenters. The Hall–Kier alpha value is -1.61. The van der Waals surface area contributed by atoms with Gasteiger partial charge in [-0.1, -0.05) is 30.3 Å². The Kier molecular flexibility index (Phi) is 4.53. The van der Waals surface area contributed by atoms with Crippen molar-refractivity contribution in [2.75, 3.05) is 6.61 Å². The lowest BCUT2D eigenvalue weighted by molar-refractivity contribution is -0.186. The van der Waals surface area contributed by atoms with Crippen molar-refractivity contribution in [3.63, 3.8) is 0 Å². The summed E-state index contributed by atoms with van der Waals surface area (Å²) in [4.78, 5) is 11.5. The van der Waals surface area contributed by atoms with Crippen LogP contribution in [0.15, 0.2) is 30.3 Å². The molecule has 1 aromatic rings. The summed E-state index contributed by atoms with van der Waals surface area (Å²) >= 11 is 0. The Morgan fingerprint density at radius 1 is 1.26 bits per heavy atom. The predicted octanol–water partition coefficient (Wildman–Crippen LogP) is 1.12. The summed E-state index contributed by atoms with van der Waals surface area (Å²) in [5.41, 5.74) is -0.0582. The van der Waals surface area contributed by atoms with Gasteiger partial charge < -0.3 is 4.74 Å². The van der Waals surface area contributed by atoms with Crippen LogP contribution in [0.4, 0.5) is 13.2 Å². The monoisotopic (exact) mass is 297 g/mol. The van der Waals surface area contributed by atoms with Gasteiger partial charge in [0.1, 0.15) is 0 Å². The minimum atomic E-state index is -4.74. The van der Waals surface area contributed by atoms with Gasteiger partial charge in [-0.3, -0.25) is 4.79 Å². The molecular formula is C10H10F3NO4S. The molecule has 0 saturated carbocycles. The number of carbonyl (C=O) groups excluding carboxylic acids is 1. The first-order valence-electron chi connectivity index (χ1n) is 4.91. The molecule has 0 aliphatic carbocycles. The molecule has 19 heavy (non-hydrogen) atoms. The summed E-state index contributed by atoms with van der Waals surface area (Å²) in [6.07, 6.45) is -4.74. The highest BCUT2D eigenvalue weighted by atomic mass is 32.2. The maximum absolute atomic E-state index is 11.9. The van der Waals surface area contributed by atoms with Gasteiger partial charge >= 0.3 is 12.1 Å². The largest absolute Gasteiger partial charge is 0.455 e. The number of benzene rings is 1. The van der Waals surface area contributed by atoms with E-state index < -0.39 is 34.0 Å². The molecule has 1 rings (SSSR count). The number of nitrogens with two attached hydrogens (primary N) is 1. The molecule has 0 aromatic heterocycles. The third-order valence-electron chi connectivity index (χ3n) is 2.02. The van der Waals surface area contributed by atoms with Gasteiger partial charge in [0, 0.05) is 0 Å². The van der Waals surface area contributed by atoms with Crippen molar-refractivity contribution >= 4 is 16.0 Å². The number of ether oxygens (including phenoxy) is 1. The molecule has 0 saturated heterocycles. The lowest BCUT2D eigenvalue weighted by atomic mass is 10.1. The molecule has 0 amide bonds. The van der Waals surface area contributed by atoms with E-state index in [2.05, 4.69) is 4.74 Å². The Bertz CT molecular complexity index is 542. The summed E-state index contributed by atoms with van der Waals surface area (Å²) in [5, 5.41) is 2.87. The molecule has 2 N–H and O–H groups in total. The van der Waals surface area contributed by atoms with Crippen molar-refractivity contribution in [2.24, 2.45) is 5.14 Å². The van der Waals surface area contributed by atoms with E-state index in [0.717, 1.165) is 0 Å². The van der Waals surface area contributed by atoms with Crippen molar-refractivity contribution in [2.45, 2.75) is 11.4 Å². The number of primary sulfonamides is 1. The minimum Gasteiger partial charge on any atom is -0.455 e. The van der Waals surface area contributed by atoms with Crippen LogP contribution in [0, 0.1) is 0 Å². The number of hydrogen-bond acceptors (Lipinski definition) is 4. The van der Waals surface area contributed by atoms with Gasteiger partial charge in [0.15, 0.2) is 11.9 Å². The van der Waals surface area contributed by atoms with E-state index in [4.69, 9.17) is 5.14 Å². The summed E-state index contributed by atoms with van der Waals surface area (Å²) in [7, 11) is -4.43. The van der Waals surface area contributed by atoms with Crippen LogP contribution in [0.1, 0.15) is 10.8 Å². The molecular weight excluding hydrogens is 287 g/mol. The third kappa shape index (κ3) is 4.87. The Morgan fingerprint density at radius 3 is 2.21 bits per heavy atom. The number of hydrogen-bond donors (Lipinski definition) is 1. The molecule has 0 bridgehead atoms. The molecule has 0 aliphatic heterocycles. The number of alkyl halides is 3. The highest BCUT2D eigenvalue weighted by Crippen LogP contribution is 2.23. The molecule has 9 heteroatoms. The van der Waals surface area contributed by atoms with E-state index in [0.29, 0.717) is 0 Å². The van der Waals surface area contributed by atoms with Crippen LogP contribution in [0.3, 0.4) is 0 Å². The topological polar surface area (TPSA) is 86.5 Å². The molecule has 0 heterocycles. The number of carbonyl (C=O) groups is 1. The normalized spacial score (nSPS) is 13.9. The average molecular weight is 297 g/mol. The Morgan fingerprint density at radius 2 is 1.79 bits per heavy atom. The summed E-state index contributed by atoms with van der Waals surface area (Å²) < 4.78 is 62.3. The second-order valence-corrected chi connectivity index (χ2v) is 5.25. The molecule has 5 nitrogen and oxygen atoms in total. The number of esters is 1. The smallest absolute Gasteiger partial charge is 0.422 e. The van der Waals surface area contributed by atoms with Gasteiger partial charge in [-0.2, -0.15) is 13.2 Å². The lowest BCUT2D eigenvalue weighted by Gasteiger charge is -2.15. The van der Waals surface area contributed by atoms with Crippen LogP contribution < -0.4 is 5.14 Å². The Balaban J connectivity index is 2.98. The van der Waals surface area contributed by atoms with Gasteiger partial charge in [-0.05, 0) is 5.56 Å². The van der Waals surface area contributed by atoms with Crippen LogP contribution in [0.2, 0.25) is 0 Å². The second-order valence-electron chi connectivity index (χ2n) is 3.60. The second kappa shape index (κ2) is 5.57. The highest BCUT2D eigenvalue weighted by molar-refractivity contribution is 7.90. The molecule has 0 fully saturated rings. The van der Waals surface area contributed by atoms with Crippen molar-refractivity contribution < 1.29 is 31.1 Å². The maximum Gasteiger partial charge on any atom is 0.422 e. The van der Waals surface area contributed by atoms with Crippen LogP contribution >= 0.6 is 0 Å². The first-order valence-corrected chi connectivity index (χ1v) is 6.52. The van der Waals surface area contributed by atoms with E-state index in [1.165, 1.54) is 24.3 Å². The fourth-order valence-electron chi connectivity index (χ4n) is 1.32. The number of rotatable bonds is 4. The average Bonchev–Trinajstić information content (AvgIpc) is 2.25. The number of sulfonamides is 1. The van der Waals surface area contributed by atoms with Crippen molar-refractivity contribution in [1.82, 2.24) is 0 Å². The van der Waals surface area contributed by atoms with Crippen LogP contribution in [-0.4, -0.2) is 27.2 Å². The van der Waals surface area contributed by atoms with Gasteiger partial charge in [0.25, 0.3) is 0 Å². The lowest BCUT2D eigenvalue weighted by Crippen LogP contribution is -2.32. The Labute approximate surface area is 107 Å². The standard InChI is InChI=1S/C10H10F3NO4S/c11-10(12,13)6-18-9(15)8(19(14,16)17)7-4-2-1-3-5-7/h1-5,8H,6H2,(H2,14,16,17). The minimum absolute atomic E-state index is 0.0582. The van der Waals surface area contributed by atoms with Gasteiger partial charge in [-0.25, -0.2) is 13.6 Å². The van der Waals surface area contributed by atoms with E-state index in [1.807, 2.05) is 0 Å². The predicted molar refractivity (Wildman–Crippen MR) is 59.3 cm³/mol. The van der Waals surface area contributed by atoms with Crippen LogP contribution in [-0.2, 0) is 19.6 Å². The van der Waals surface area contributed by atoms with E-state index in [1.54, 1.807) is 6.07 Å². The van der Waals surface area contributed by atoms with Gasteiger partial charge in [0.2, 0.25) is 10.0 Å². The van der Waals surface area contributed by atoms with Gasteiger partial charge in [0.05, 0.1) is 0 Å². The van der Waals surface area contributed by atoms with Crippen LogP contribution in [0.25, 0.3) is 0 Å². The van der Waals surface area contributed by atoms with E-state index in [-0.39, 0.29) is 5.56 Å². The summed E-state index contributed by atoms with van der Waals surface area (Å²) in [6, 6.07) is 6.90. The van der Waals surface area contributed by atoms with Gasteiger partial charge in [-0.15, -0.1) is 0 Å². The first-order chi connectivity index (χ1) is 8.61. The number of halogens is 3. The first kappa shape index (κ1) is 15.4. The fourth-order valence-corrected chi connectivity index (χ4v) is 2.19. The zero-order valence-electron chi connectivity index (χ0n) is 9.42. The zero-order valence-corrected chi connectivity index (χ0v) is 10.2. The van der Waals surface area contributed by atoms with E-state index in [9.17, 15) is 26.4 Å². The molecule has 0 radical (unpaired) electrons. The van der Waals surface area contributed by atoms with Crippen molar-refractivity contribution in [3.05, 3.63) is 35.9 Å². The summed E-state index contributed by atoms with van der Waals surface area (Å²) in [5.74, 6) is -1.56. The molecule has 1 aromatic carbocycles. The van der Waals surface area contributed by atoms with E-state index >= 15 is 0 Å². The van der Waals surface area contributed by atoms with Crippen LogP contribution in [0.5, 0.6) is 0 Å². The fraction of sp³-hybridized carbons (Fsp3) is 0.300. The SMILES string of the molecule is NS(=O)(=O)C(C(=O)OCC(F)(F)F)c1ccccc1. The summed E-state index contributed by atoms with van der Waals surface area (Å²) in [6.45, 7) is -1.87. The third-order valence-corrected chi connectivity index (χ3v) is 3.14. The molecule has 0 spiro atoms. The maximum atomic E-state index is 11.9. The van der Waals surface area contributed by atoms with Crippen molar-refractivity contribution in [3.8, 4) is 0 Å². The quantitative estimate of drug-likeness (QED) is 0.844. The zero-order chi connectivity index (χ0) is 14.7. The molecule has 1 atom stereocenters. The molecule has 106 valence electrons. The highest BCUT2D eigenvalue weighted by Gasteiger charge is 2.36. The van der Waals surface area contributed by atoms with Crippen molar-refractivity contribution in [1.29, 1.82) is 0 Å².